The van der Waals surface area contributed by atoms with Crippen molar-refractivity contribution in [3.63, 3.8) is 0 Å². The molecule has 1 saturated carbocycles. The fourth-order valence-corrected chi connectivity index (χ4v) is 3.90. The summed E-state index contributed by atoms with van der Waals surface area (Å²) in [5.41, 5.74) is 1.43. The van der Waals surface area contributed by atoms with Crippen LogP contribution in [0.15, 0.2) is 28.7 Å². The van der Waals surface area contributed by atoms with Gasteiger partial charge in [0.1, 0.15) is 0 Å². The van der Waals surface area contributed by atoms with Gasteiger partial charge in [-0.1, -0.05) is 63.3 Å². The molecule has 1 unspecified atom stereocenters. The normalized spacial score (nSPS) is 19.6. The summed E-state index contributed by atoms with van der Waals surface area (Å²) in [6, 6.07) is 8.67. The highest BCUT2D eigenvalue weighted by molar-refractivity contribution is 9.10. The topological polar surface area (TPSA) is 0 Å². The zero-order valence-electron chi connectivity index (χ0n) is 9.46. The van der Waals surface area contributed by atoms with Crippen molar-refractivity contribution in [3.8, 4) is 0 Å². The first-order valence-electron chi connectivity index (χ1n) is 6.14. The molecule has 0 saturated heterocycles. The van der Waals surface area contributed by atoms with E-state index >= 15 is 0 Å². The highest BCUT2D eigenvalue weighted by atomic mass is 79.9. The predicted molar refractivity (Wildman–Crippen MR) is 77.1 cm³/mol. The quantitative estimate of drug-likeness (QED) is 0.649. The van der Waals surface area contributed by atoms with Gasteiger partial charge in [0.2, 0.25) is 0 Å². The summed E-state index contributed by atoms with van der Waals surface area (Å²) in [5, 5.41) is 0. The van der Waals surface area contributed by atoms with Gasteiger partial charge in [-0.15, -0.1) is 0 Å². The van der Waals surface area contributed by atoms with Crippen LogP contribution in [0.25, 0.3) is 0 Å². The second-order valence-corrected chi connectivity index (χ2v) is 6.84. The maximum Gasteiger partial charge on any atom is 0.0214 e. The molecule has 1 atom stereocenters. The molecule has 0 aromatic heterocycles. The van der Waals surface area contributed by atoms with Crippen LogP contribution < -0.4 is 0 Å². The number of benzene rings is 1. The number of rotatable bonds is 3. The van der Waals surface area contributed by atoms with E-state index in [4.69, 9.17) is 0 Å². The molecule has 16 heavy (non-hydrogen) atoms. The summed E-state index contributed by atoms with van der Waals surface area (Å²) >= 11 is 7.42. The van der Waals surface area contributed by atoms with Gasteiger partial charge in [-0.05, 0) is 42.9 Å². The maximum atomic E-state index is 3.89. The molecule has 0 N–H and O–H groups in total. The van der Waals surface area contributed by atoms with Crippen LogP contribution in [0.5, 0.6) is 0 Å². The van der Waals surface area contributed by atoms with Crippen molar-refractivity contribution < 1.29 is 0 Å². The Hall–Kier alpha value is 0.180. The minimum atomic E-state index is 0.655. The van der Waals surface area contributed by atoms with Crippen LogP contribution in [-0.2, 0) is 6.42 Å². The molecule has 0 radical (unpaired) electrons. The molecule has 2 heteroatoms. The number of hydrogen-bond donors (Lipinski definition) is 0. The van der Waals surface area contributed by atoms with E-state index < -0.39 is 0 Å². The summed E-state index contributed by atoms with van der Waals surface area (Å²) in [4.78, 5) is 0.655. The molecule has 1 aromatic rings. The summed E-state index contributed by atoms with van der Waals surface area (Å²) in [5.74, 6) is 0.882. The van der Waals surface area contributed by atoms with Crippen molar-refractivity contribution in [1.82, 2.24) is 0 Å². The average molecular weight is 346 g/mol. The molecule has 0 amide bonds. The standard InChI is InChI=1S/C14H18Br2/c15-13-8-4-5-11(9-13)10-14(16)12-6-2-1-3-7-12/h4-5,8-9,12,14H,1-3,6-7,10H2. The summed E-state index contributed by atoms with van der Waals surface area (Å²) < 4.78 is 1.19. The van der Waals surface area contributed by atoms with Crippen LogP contribution in [0.3, 0.4) is 0 Å². The Labute approximate surface area is 115 Å². The molecule has 1 aromatic carbocycles. The van der Waals surface area contributed by atoms with Crippen LogP contribution in [-0.4, -0.2) is 4.83 Å². The van der Waals surface area contributed by atoms with Crippen LogP contribution in [0.4, 0.5) is 0 Å². The molecule has 0 nitrogen and oxygen atoms in total. The second kappa shape index (κ2) is 6.20. The Morgan fingerprint density at radius 2 is 1.94 bits per heavy atom. The van der Waals surface area contributed by atoms with Gasteiger partial charge in [-0.3, -0.25) is 0 Å². The van der Waals surface area contributed by atoms with Gasteiger partial charge in [0.05, 0.1) is 0 Å². The maximum absolute atomic E-state index is 3.89. The lowest BCUT2D eigenvalue weighted by Crippen LogP contribution is -2.19. The van der Waals surface area contributed by atoms with Gasteiger partial charge in [0.15, 0.2) is 0 Å². The first-order chi connectivity index (χ1) is 7.75. The first kappa shape index (κ1) is 12.6. The van der Waals surface area contributed by atoms with Crippen molar-refractivity contribution in [1.29, 1.82) is 0 Å². The van der Waals surface area contributed by atoms with E-state index in [1.165, 1.54) is 42.1 Å². The van der Waals surface area contributed by atoms with Gasteiger partial charge in [0, 0.05) is 9.30 Å². The minimum Gasteiger partial charge on any atom is -0.0884 e. The fraction of sp³-hybridized carbons (Fsp3) is 0.571. The van der Waals surface area contributed by atoms with Crippen molar-refractivity contribution in [2.45, 2.75) is 43.4 Å². The van der Waals surface area contributed by atoms with Crippen LogP contribution >= 0.6 is 31.9 Å². The van der Waals surface area contributed by atoms with Crippen LogP contribution in [0, 0.1) is 5.92 Å². The lowest BCUT2D eigenvalue weighted by molar-refractivity contribution is 0.350. The Morgan fingerprint density at radius 1 is 1.19 bits per heavy atom. The van der Waals surface area contributed by atoms with Crippen LogP contribution in [0.2, 0.25) is 0 Å². The summed E-state index contributed by atoms with van der Waals surface area (Å²) in [7, 11) is 0. The van der Waals surface area contributed by atoms with E-state index in [2.05, 4.69) is 56.1 Å². The molecule has 0 bridgehead atoms. The second-order valence-electron chi connectivity index (χ2n) is 4.75. The zero-order valence-corrected chi connectivity index (χ0v) is 12.6. The van der Waals surface area contributed by atoms with Gasteiger partial charge in [0.25, 0.3) is 0 Å². The van der Waals surface area contributed by atoms with E-state index in [1.807, 2.05) is 0 Å². The smallest absolute Gasteiger partial charge is 0.0214 e. The van der Waals surface area contributed by atoms with Gasteiger partial charge >= 0.3 is 0 Å². The zero-order chi connectivity index (χ0) is 11.4. The van der Waals surface area contributed by atoms with E-state index in [0.29, 0.717) is 4.83 Å². The Morgan fingerprint density at radius 3 is 2.62 bits per heavy atom. The number of halogens is 2. The highest BCUT2D eigenvalue weighted by Gasteiger charge is 2.21. The molecule has 1 aliphatic carbocycles. The lowest BCUT2D eigenvalue weighted by atomic mass is 9.85. The average Bonchev–Trinajstić information content (AvgIpc) is 2.30. The fourth-order valence-electron chi connectivity index (χ4n) is 2.55. The molecular weight excluding hydrogens is 328 g/mol. The summed E-state index contributed by atoms with van der Waals surface area (Å²) in [6.45, 7) is 0. The number of hydrogen-bond acceptors (Lipinski definition) is 0. The van der Waals surface area contributed by atoms with E-state index in [9.17, 15) is 0 Å². The molecule has 1 aliphatic rings. The monoisotopic (exact) mass is 344 g/mol. The Kier molecular flexibility index (Phi) is 4.90. The Bertz CT molecular complexity index is 329. The van der Waals surface area contributed by atoms with Gasteiger partial charge in [-0.25, -0.2) is 0 Å². The Balaban J connectivity index is 1.93. The molecule has 0 aliphatic heterocycles. The predicted octanol–water partition coefficient (Wildman–Crippen LogP) is 5.34. The molecule has 2 rings (SSSR count). The molecule has 0 heterocycles. The van der Waals surface area contributed by atoms with Crippen molar-refractivity contribution in [2.24, 2.45) is 5.92 Å². The van der Waals surface area contributed by atoms with Crippen molar-refractivity contribution in [2.75, 3.05) is 0 Å². The van der Waals surface area contributed by atoms with Gasteiger partial charge < -0.3 is 0 Å². The molecule has 1 fully saturated rings. The van der Waals surface area contributed by atoms with E-state index in [-0.39, 0.29) is 0 Å². The highest BCUT2D eigenvalue weighted by Crippen LogP contribution is 2.32. The molecular formula is C14H18Br2. The van der Waals surface area contributed by atoms with Crippen molar-refractivity contribution in [3.05, 3.63) is 34.3 Å². The van der Waals surface area contributed by atoms with E-state index in [0.717, 1.165) is 12.3 Å². The SMILES string of the molecule is Brc1cccc(CC(Br)C2CCCCC2)c1. The third-order valence-corrected chi connectivity index (χ3v) is 5.05. The summed E-state index contributed by atoms with van der Waals surface area (Å²) in [6.07, 6.45) is 8.25. The minimum absolute atomic E-state index is 0.655. The lowest BCUT2D eigenvalue weighted by Gasteiger charge is -2.26. The molecule has 88 valence electrons. The van der Waals surface area contributed by atoms with Gasteiger partial charge in [-0.2, -0.15) is 0 Å². The third kappa shape index (κ3) is 3.59. The number of alkyl halides is 1. The largest absolute Gasteiger partial charge is 0.0884 e. The van der Waals surface area contributed by atoms with Crippen LogP contribution in [0.1, 0.15) is 37.7 Å². The van der Waals surface area contributed by atoms with E-state index in [1.54, 1.807) is 0 Å². The third-order valence-electron chi connectivity index (χ3n) is 3.48. The van der Waals surface area contributed by atoms with Crippen molar-refractivity contribution >= 4 is 31.9 Å². The first-order valence-corrected chi connectivity index (χ1v) is 7.85. The molecule has 0 spiro atoms.